The number of aliphatic imine (C=N–C) groups is 1. The zero-order chi connectivity index (χ0) is 15.5. The van der Waals surface area contributed by atoms with Gasteiger partial charge in [-0.3, -0.25) is 9.89 Å². The van der Waals surface area contributed by atoms with Crippen molar-refractivity contribution in [1.29, 1.82) is 0 Å². The number of ether oxygens (including phenoxy) is 1. The molecule has 2 N–H and O–H groups in total. The van der Waals surface area contributed by atoms with E-state index >= 15 is 0 Å². The van der Waals surface area contributed by atoms with Crippen molar-refractivity contribution in [3.8, 4) is 0 Å². The van der Waals surface area contributed by atoms with Crippen LogP contribution in [0.5, 0.6) is 0 Å². The van der Waals surface area contributed by atoms with Crippen molar-refractivity contribution in [2.24, 2.45) is 4.99 Å². The second-order valence-corrected chi connectivity index (χ2v) is 5.45. The van der Waals surface area contributed by atoms with E-state index in [1.54, 1.807) is 25.5 Å². The molecule has 1 atom stereocenters. The minimum absolute atomic E-state index is 0.368. The minimum Gasteiger partial charge on any atom is -0.383 e. The number of methoxy groups -OCH3 is 1. The summed E-state index contributed by atoms with van der Waals surface area (Å²) < 4.78 is 5.04. The predicted molar refractivity (Wildman–Crippen MR) is 91.2 cm³/mol. The van der Waals surface area contributed by atoms with Crippen molar-refractivity contribution in [2.75, 3.05) is 46.9 Å². The smallest absolute Gasteiger partial charge is 0.191 e. The molecule has 0 aliphatic heterocycles. The monoisotopic (exact) mass is 312 g/mol. The van der Waals surface area contributed by atoms with Gasteiger partial charge >= 0.3 is 0 Å². The van der Waals surface area contributed by atoms with E-state index in [1.807, 2.05) is 0 Å². The molecule has 5 nitrogen and oxygen atoms in total. The number of likely N-dealkylation sites (N-methyl/N-ethyl adjacent to an activating group) is 1. The quantitative estimate of drug-likeness (QED) is 0.416. The molecular formula is C15H28N4OS. The molecule has 0 amide bonds. The van der Waals surface area contributed by atoms with Gasteiger partial charge in [0.15, 0.2) is 5.96 Å². The molecule has 0 fully saturated rings. The van der Waals surface area contributed by atoms with Crippen LogP contribution in [0.3, 0.4) is 0 Å². The Balaban J connectivity index is 2.60. The van der Waals surface area contributed by atoms with Gasteiger partial charge in [-0.1, -0.05) is 13.8 Å². The largest absolute Gasteiger partial charge is 0.383 e. The Labute approximate surface area is 132 Å². The normalized spacial score (nSPS) is 13.5. The molecule has 0 aromatic carbocycles. The Bertz CT molecular complexity index is 390. The fourth-order valence-corrected chi connectivity index (χ4v) is 2.98. The maximum atomic E-state index is 5.04. The van der Waals surface area contributed by atoms with Gasteiger partial charge in [-0.05, 0) is 35.5 Å². The first-order chi connectivity index (χ1) is 10.3. The van der Waals surface area contributed by atoms with Crippen molar-refractivity contribution in [2.45, 2.75) is 19.9 Å². The highest BCUT2D eigenvalue weighted by atomic mass is 32.1. The molecule has 1 rings (SSSR count). The van der Waals surface area contributed by atoms with Gasteiger partial charge in [-0.25, -0.2) is 0 Å². The van der Waals surface area contributed by atoms with Crippen molar-refractivity contribution in [1.82, 2.24) is 15.5 Å². The van der Waals surface area contributed by atoms with Gasteiger partial charge in [0.1, 0.15) is 0 Å². The average molecular weight is 312 g/mol. The van der Waals surface area contributed by atoms with Crippen LogP contribution in [0, 0.1) is 0 Å². The Morgan fingerprint density at radius 3 is 2.67 bits per heavy atom. The van der Waals surface area contributed by atoms with Crippen LogP contribution in [0.2, 0.25) is 0 Å². The molecule has 0 saturated carbocycles. The van der Waals surface area contributed by atoms with Crippen LogP contribution in [-0.4, -0.2) is 57.8 Å². The average Bonchev–Trinajstić information content (AvgIpc) is 3.03. The lowest BCUT2D eigenvalue weighted by Crippen LogP contribution is -2.43. The van der Waals surface area contributed by atoms with Crippen LogP contribution in [0.4, 0.5) is 0 Å². The summed E-state index contributed by atoms with van der Waals surface area (Å²) in [5.74, 6) is 0.819. The first kappa shape index (κ1) is 17.9. The van der Waals surface area contributed by atoms with Gasteiger partial charge in [-0.15, -0.1) is 0 Å². The second-order valence-electron chi connectivity index (χ2n) is 4.67. The first-order valence-electron chi connectivity index (χ1n) is 7.46. The third-order valence-corrected chi connectivity index (χ3v) is 4.17. The molecule has 21 heavy (non-hydrogen) atoms. The third-order valence-electron chi connectivity index (χ3n) is 3.47. The van der Waals surface area contributed by atoms with Crippen LogP contribution < -0.4 is 10.6 Å². The molecule has 0 saturated heterocycles. The molecule has 1 aromatic rings. The summed E-state index contributed by atoms with van der Waals surface area (Å²) in [5, 5.41) is 11.0. The Morgan fingerprint density at radius 1 is 1.38 bits per heavy atom. The highest BCUT2D eigenvalue weighted by Gasteiger charge is 2.18. The molecule has 6 heteroatoms. The maximum absolute atomic E-state index is 5.04. The summed E-state index contributed by atoms with van der Waals surface area (Å²) in [4.78, 5) is 6.70. The number of hydrogen-bond acceptors (Lipinski definition) is 4. The van der Waals surface area contributed by atoms with Crippen molar-refractivity contribution < 1.29 is 4.74 Å². The second kappa shape index (κ2) is 10.6. The topological polar surface area (TPSA) is 48.9 Å². The van der Waals surface area contributed by atoms with Crippen LogP contribution in [0.1, 0.15) is 25.5 Å². The summed E-state index contributed by atoms with van der Waals surface area (Å²) >= 11 is 1.75. The molecule has 0 aliphatic rings. The lowest BCUT2D eigenvalue weighted by molar-refractivity contribution is 0.203. The van der Waals surface area contributed by atoms with E-state index in [1.165, 1.54) is 5.56 Å². The molecule has 0 bridgehead atoms. The van der Waals surface area contributed by atoms with Crippen LogP contribution >= 0.6 is 11.3 Å². The molecule has 1 unspecified atom stereocenters. The Morgan fingerprint density at radius 2 is 2.14 bits per heavy atom. The SMILES string of the molecule is CCN(CC)C(CNC(=NC)NCCOC)c1ccsc1. The van der Waals surface area contributed by atoms with E-state index in [9.17, 15) is 0 Å². The zero-order valence-corrected chi connectivity index (χ0v) is 14.4. The van der Waals surface area contributed by atoms with Crippen LogP contribution in [-0.2, 0) is 4.74 Å². The fourth-order valence-electron chi connectivity index (χ4n) is 2.27. The molecule has 0 aliphatic carbocycles. The van der Waals surface area contributed by atoms with Gasteiger partial charge < -0.3 is 15.4 Å². The van der Waals surface area contributed by atoms with Gasteiger partial charge in [-0.2, -0.15) is 11.3 Å². The number of thiophene rings is 1. The summed E-state index contributed by atoms with van der Waals surface area (Å²) in [6.07, 6.45) is 0. The maximum Gasteiger partial charge on any atom is 0.191 e. The number of nitrogens with one attached hydrogen (secondary N) is 2. The molecule has 0 radical (unpaired) electrons. The lowest BCUT2D eigenvalue weighted by atomic mass is 10.1. The predicted octanol–water partition coefficient (Wildman–Crippen LogP) is 1.94. The summed E-state index contributed by atoms with van der Waals surface area (Å²) in [6.45, 7) is 8.74. The number of hydrogen-bond donors (Lipinski definition) is 2. The van der Waals surface area contributed by atoms with E-state index in [4.69, 9.17) is 4.74 Å². The molecule has 0 spiro atoms. The highest BCUT2D eigenvalue weighted by Crippen LogP contribution is 2.22. The van der Waals surface area contributed by atoms with E-state index in [0.717, 1.165) is 32.1 Å². The van der Waals surface area contributed by atoms with Gasteiger partial charge in [0.2, 0.25) is 0 Å². The molecular weight excluding hydrogens is 284 g/mol. The fraction of sp³-hybridized carbons (Fsp3) is 0.667. The van der Waals surface area contributed by atoms with E-state index in [0.29, 0.717) is 12.6 Å². The molecule has 1 heterocycles. The third kappa shape index (κ3) is 6.03. The zero-order valence-electron chi connectivity index (χ0n) is 13.6. The van der Waals surface area contributed by atoms with Gasteiger partial charge in [0.25, 0.3) is 0 Å². The minimum atomic E-state index is 0.368. The Kier molecular flexibility index (Phi) is 9.05. The molecule has 120 valence electrons. The number of rotatable bonds is 9. The van der Waals surface area contributed by atoms with Crippen molar-refractivity contribution >= 4 is 17.3 Å². The van der Waals surface area contributed by atoms with Crippen molar-refractivity contribution in [3.05, 3.63) is 22.4 Å². The van der Waals surface area contributed by atoms with Crippen molar-refractivity contribution in [3.63, 3.8) is 0 Å². The number of guanidine groups is 1. The standard InChI is InChI=1S/C15H28N4OS/c1-5-19(6-2)14(13-7-10-21-12-13)11-18-15(16-3)17-8-9-20-4/h7,10,12,14H,5-6,8-9,11H2,1-4H3,(H2,16,17,18). The Hall–Kier alpha value is -1.11. The van der Waals surface area contributed by atoms with Gasteiger partial charge in [0, 0.05) is 27.2 Å². The number of nitrogens with zero attached hydrogens (tertiary/aromatic N) is 2. The van der Waals surface area contributed by atoms with E-state index in [2.05, 4.69) is 51.2 Å². The molecule has 1 aromatic heterocycles. The highest BCUT2D eigenvalue weighted by molar-refractivity contribution is 7.07. The lowest BCUT2D eigenvalue weighted by Gasteiger charge is -2.30. The van der Waals surface area contributed by atoms with Crippen LogP contribution in [0.25, 0.3) is 0 Å². The summed E-state index contributed by atoms with van der Waals surface area (Å²) in [6, 6.07) is 2.57. The summed E-state index contributed by atoms with van der Waals surface area (Å²) in [5.41, 5.74) is 1.36. The van der Waals surface area contributed by atoms with Gasteiger partial charge in [0.05, 0.1) is 12.6 Å². The van der Waals surface area contributed by atoms with Crippen LogP contribution in [0.15, 0.2) is 21.8 Å². The summed E-state index contributed by atoms with van der Waals surface area (Å²) in [7, 11) is 3.49. The first-order valence-corrected chi connectivity index (χ1v) is 8.40. The van der Waals surface area contributed by atoms with E-state index in [-0.39, 0.29) is 0 Å². The van der Waals surface area contributed by atoms with E-state index < -0.39 is 0 Å².